The number of amides is 1. The zero-order valence-electron chi connectivity index (χ0n) is 17.9. The summed E-state index contributed by atoms with van der Waals surface area (Å²) >= 11 is 0. The molecule has 0 radical (unpaired) electrons. The molecule has 30 heavy (non-hydrogen) atoms. The van der Waals surface area contributed by atoms with Crippen molar-refractivity contribution in [2.45, 2.75) is 71.4 Å². The summed E-state index contributed by atoms with van der Waals surface area (Å²) in [7, 11) is 0. The van der Waals surface area contributed by atoms with Gasteiger partial charge in [-0.2, -0.15) is 5.10 Å². The maximum Gasteiger partial charge on any atom is 0.250 e. The number of carbonyl (C=O) groups is 2. The monoisotopic (exact) mass is 410 g/mol. The molecule has 0 bridgehead atoms. The number of nitrogens with zero attached hydrogens (tertiary/aromatic N) is 2. The molecule has 1 saturated carbocycles. The van der Waals surface area contributed by atoms with Crippen molar-refractivity contribution in [2.24, 2.45) is 11.1 Å². The number of benzene rings is 1. The first kappa shape index (κ1) is 20.6. The molecule has 1 fully saturated rings. The van der Waals surface area contributed by atoms with E-state index < -0.39 is 12.0 Å². The van der Waals surface area contributed by atoms with Gasteiger partial charge in [-0.25, -0.2) is 4.68 Å². The average molecular weight is 411 g/mol. The highest BCUT2D eigenvalue weighted by Gasteiger charge is 2.36. The van der Waals surface area contributed by atoms with Crippen LogP contribution in [-0.4, -0.2) is 38.7 Å². The zero-order valence-corrected chi connectivity index (χ0v) is 17.9. The second kappa shape index (κ2) is 7.54. The van der Waals surface area contributed by atoms with Crippen LogP contribution in [0.2, 0.25) is 0 Å². The molecule has 2 aromatic rings. The van der Waals surface area contributed by atoms with Crippen molar-refractivity contribution >= 4 is 17.4 Å². The average Bonchev–Trinajstić information content (AvgIpc) is 3.23. The number of ketones is 1. The molecule has 160 valence electrons. The molecule has 1 heterocycles. The predicted octanol–water partition coefficient (Wildman–Crippen LogP) is 3.01. The number of rotatable bonds is 5. The number of primary amides is 1. The molecule has 4 N–H and O–H groups in total. The molecule has 7 nitrogen and oxygen atoms in total. The highest BCUT2D eigenvalue weighted by Crippen LogP contribution is 2.37. The van der Waals surface area contributed by atoms with Gasteiger partial charge in [0.1, 0.15) is 0 Å². The topological polar surface area (TPSA) is 110 Å². The van der Waals surface area contributed by atoms with E-state index in [1.54, 1.807) is 6.07 Å². The van der Waals surface area contributed by atoms with E-state index in [4.69, 9.17) is 10.8 Å². The van der Waals surface area contributed by atoms with Crippen molar-refractivity contribution in [1.82, 2.24) is 9.78 Å². The number of hydrogen-bond donors (Lipinski definition) is 3. The Bertz CT molecular complexity index is 1010. The van der Waals surface area contributed by atoms with Gasteiger partial charge in [0.05, 0.1) is 40.3 Å². The van der Waals surface area contributed by atoms with Crippen LogP contribution in [0.3, 0.4) is 0 Å². The molecule has 1 aromatic heterocycles. The van der Waals surface area contributed by atoms with Gasteiger partial charge < -0.3 is 16.2 Å². The molecule has 2 atom stereocenters. The van der Waals surface area contributed by atoms with Gasteiger partial charge in [0.2, 0.25) is 0 Å². The van der Waals surface area contributed by atoms with Crippen LogP contribution in [0.4, 0.5) is 5.69 Å². The van der Waals surface area contributed by atoms with Gasteiger partial charge in [-0.3, -0.25) is 9.59 Å². The first-order valence-corrected chi connectivity index (χ1v) is 10.7. The van der Waals surface area contributed by atoms with Crippen molar-refractivity contribution in [3.8, 4) is 5.69 Å². The number of aliphatic hydroxyl groups is 1. The lowest BCUT2D eigenvalue weighted by molar-refractivity contribution is 0.0910. The third kappa shape index (κ3) is 3.62. The van der Waals surface area contributed by atoms with E-state index in [-0.39, 0.29) is 17.2 Å². The van der Waals surface area contributed by atoms with Crippen LogP contribution >= 0.6 is 0 Å². The molecule has 4 rings (SSSR count). The number of aromatic nitrogens is 2. The van der Waals surface area contributed by atoms with Crippen molar-refractivity contribution in [3.63, 3.8) is 0 Å². The maximum atomic E-state index is 12.8. The van der Waals surface area contributed by atoms with Crippen molar-refractivity contribution in [3.05, 3.63) is 40.7 Å². The summed E-state index contributed by atoms with van der Waals surface area (Å²) in [4.78, 5) is 24.8. The molecule has 0 aliphatic heterocycles. The SMILES string of the molecule is CCc1c2c(nn1-c1ccc(C(N)=O)c(N[C@H]3CCC[C@@H]3O)c1)CC(C)(C)CC2=O. The van der Waals surface area contributed by atoms with Crippen LogP contribution in [0, 0.1) is 5.41 Å². The summed E-state index contributed by atoms with van der Waals surface area (Å²) in [6.45, 7) is 6.21. The summed E-state index contributed by atoms with van der Waals surface area (Å²) in [5.41, 5.74) is 9.71. The number of Topliss-reactive ketones (excluding diaryl/α,β-unsaturated/α-hetero) is 1. The number of aliphatic hydroxyl groups excluding tert-OH is 1. The lowest BCUT2D eigenvalue weighted by atomic mass is 9.75. The first-order chi connectivity index (χ1) is 14.2. The standard InChI is InChI=1S/C23H30N4O3/c1-4-18-21-17(11-23(2,3)12-20(21)29)26-27(18)13-8-9-14(22(24)30)16(10-13)25-15-6-5-7-19(15)28/h8-10,15,19,25,28H,4-7,11-12H2,1-3H3,(H2,24,30)/t15-,19-/m0/s1. The van der Waals surface area contributed by atoms with Crippen molar-refractivity contribution in [2.75, 3.05) is 5.32 Å². The number of nitrogens with one attached hydrogen (secondary N) is 1. The smallest absolute Gasteiger partial charge is 0.250 e. The third-order valence-corrected chi connectivity index (χ3v) is 6.29. The Kier molecular flexibility index (Phi) is 5.18. The lowest BCUT2D eigenvalue weighted by Gasteiger charge is -2.27. The van der Waals surface area contributed by atoms with E-state index >= 15 is 0 Å². The van der Waals surface area contributed by atoms with Gasteiger partial charge in [-0.1, -0.05) is 20.8 Å². The summed E-state index contributed by atoms with van der Waals surface area (Å²) in [6.07, 6.45) is 4.02. The maximum absolute atomic E-state index is 12.8. The fourth-order valence-electron chi connectivity index (χ4n) is 4.83. The van der Waals surface area contributed by atoms with Gasteiger partial charge in [-0.15, -0.1) is 0 Å². The Labute approximate surface area is 176 Å². The summed E-state index contributed by atoms with van der Waals surface area (Å²) in [6, 6.07) is 5.23. The van der Waals surface area contributed by atoms with Gasteiger partial charge in [-0.05, 0) is 55.7 Å². The second-order valence-electron chi connectivity index (χ2n) is 9.32. The molecule has 7 heteroatoms. The van der Waals surface area contributed by atoms with E-state index in [0.717, 1.165) is 48.3 Å². The van der Waals surface area contributed by atoms with Gasteiger partial charge >= 0.3 is 0 Å². The van der Waals surface area contributed by atoms with Crippen molar-refractivity contribution < 1.29 is 14.7 Å². The summed E-state index contributed by atoms with van der Waals surface area (Å²) in [5, 5.41) is 18.3. The summed E-state index contributed by atoms with van der Waals surface area (Å²) < 4.78 is 1.82. The number of carbonyl (C=O) groups excluding carboxylic acids is 2. The normalized spacial score (nSPS) is 22.7. The second-order valence-corrected chi connectivity index (χ2v) is 9.32. The first-order valence-electron chi connectivity index (χ1n) is 10.7. The largest absolute Gasteiger partial charge is 0.391 e. The number of hydrogen-bond acceptors (Lipinski definition) is 5. The number of fused-ring (bicyclic) bond motifs is 1. The molecule has 0 spiro atoms. The third-order valence-electron chi connectivity index (χ3n) is 6.29. The lowest BCUT2D eigenvalue weighted by Crippen LogP contribution is -2.29. The molecule has 2 aliphatic rings. The van der Waals surface area contributed by atoms with Gasteiger partial charge in [0.15, 0.2) is 5.78 Å². The van der Waals surface area contributed by atoms with Crippen LogP contribution < -0.4 is 11.1 Å². The Morgan fingerprint density at radius 1 is 1.33 bits per heavy atom. The van der Waals surface area contributed by atoms with E-state index in [9.17, 15) is 14.7 Å². The van der Waals surface area contributed by atoms with E-state index in [2.05, 4.69) is 19.2 Å². The fraction of sp³-hybridized carbons (Fsp3) is 0.522. The van der Waals surface area contributed by atoms with Crippen molar-refractivity contribution in [1.29, 1.82) is 0 Å². The van der Waals surface area contributed by atoms with E-state index in [0.29, 0.717) is 24.1 Å². The molecular formula is C23H30N4O3. The Morgan fingerprint density at radius 3 is 2.73 bits per heavy atom. The van der Waals surface area contributed by atoms with Gasteiger partial charge in [0.25, 0.3) is 5.91 Å². The quantitative estimate of drug-likeness (QED) is 0.702. The Morgan fingerprint density at radius 2 is 2.10 bits per heavy atom. The molecule has 2 aliphatic carbocycles. The van der Waals surface area contributed by atoms with Crippen LogP contribution in [0.1, 0.15) is 78.6 Å². The highest BCUT2D eigenvalue weighted by atomic mass is 16.3. The van der Waals surface area contributed by atoms with Crippen LogP contribution in [0.25, 0.3) is 5.69 Å². The summed E-state index contributed by atoms with van der Waals surface area (Å²) in [5.74, 6) is -0.380. The van der Waals surface area contributed by atoms with Crippen LogP contribution in [0.15, 0.2) is 18.2 Å². The minimum atomic E-state index is -0.524. The Hall–Kier alpha value is -2.67. The molecule has 1 aromatic carbocycles. The van der Waals surface area contributed by atoms with Crippen LogP contribution in [0.5, 0.6) is 0 Å². The predicted molar refractivity (Wildman–Crippen MR) is 115 cm³/mol. The van der Waals surface area contributed by atoms with Crippen LogP contribution in [-0.2, 0) is 12.8 Å². The molecule has 1 amide bonds. The minimum absolute atomic E-state index is 0.102. The fourth-order valence-corrected chi connectivity index (χ4v) is 4.83. The van der Waals surface area contributed by atoms with Gasteiger partial charge in [0, 0.05) is 12.1 Å². The molecular weight excluding hydrogens is 380 g/mol. The van der Waals surface area contributed by atoms with E-state index in [1.165, 1.54) is 0 Å². The zero-order chi connectivity index (χ0) is 21.6. The minimum Gasteiger partial charge on any atom is -0.391 e. The van der Waals surface area contributed by atoms with E-state index in [1.807, 2.05) is 23.7 Å². The number of anilines is 1. The number of nitrogens with two attached hydrogens (primary N) is 1. The Balaban J connectivity index is 1.78. The molecule has 0 saturated heterocycles. The highest BCUT2D eigenvalue weighted by molar-refractivity contribution is 6.00. The molecule has 0 unspecified atom stereocenters.